The number of carbonyl (C=O) groups is 1. The van der Waals surface area contributed by atoms with Crippen LogP contribution in [0.3, 0.4) is 0 Å². The van der Waals surface area contributed by atoms with Gasteiger partial charge in [0.25, 0.3) is 5.91 Å². The SMILES string of the molecule is Cc1ccccc1-c1cc(C(=O)Nc2ccncc2)c2cccc(Cl)c2n1. The number of pyridine rings is 2. The van der Waals surface area contributed by atoms with Crippen LogP contribution in [0.15, 0.2) is 73.1 Å². The molecule has 4 aromatic rings. The summed E-state index contributed by atoms with van der Waals surface area (Å²) in [6.07, 6.45) is 3.27. The number of anilines is 1. The quantitative estimate of drug-likeness (QED) is 0.515. The van der Waals surface area contributed by atoms with Crippen molar-refractivity contribution in [1.82, 2.24) is 9.97 Å². The Hall–Kier alpha value is -3.24. The normalized spacial score (nSPS) is 10.7. The lowest BCUT2D eigenvalue weighted by Crippen LogP contribution is -2.13. The first-order valence-corrected chi connectivity index (χ1v) is 8.88. The molecule has 4 rings (SSSR count). The van der Waals surface area contributed by atoms with Gasteiger partial charge >= 0.3 is 0 Å². The highest BCUT2D eigenvalue weighted by atomic mass is 35.5. The van der Waals surface area contributed by atoms with Crippen molar-refractivity contribution in [3.63, 3.8) is 0 Å². The first-order chi connectivity index (χ1) is 13.1. The second-order valence-electron chi connectivity index (χ2n) is 6.20. The van der Waals surface area contributed by atoms with Crippen molar-refractivity contribution in [2.75, 3.05) is 5.32 Å². The van der Waals surface area contributed by atoms with E-state index in [0.29, 0.717) is 32.9 Å². The standard InChI is InChI=1S/C22H16ClN3O/c1-14-5-2-3-6-16(14)20-13-18(17-7-4-8-19(23)21(17)26-20)22(27)25-15-9-11-24-12-10-15/h2-13H,1H3,(H,24,25,27). The Morgan fingerprint density at radius 2 is 1.78 bits per heavy atom. The Labute approximate surface area is 161 Å². The van der Waals surface area contributed by atoms with E-state index < -0.39 is 0 Å². The van der Waals surface area contributed by atoms with E-state index in [1.807, 2.05) is 49.4 Å². The fraction of sp³-hybridized carbons (Fsp3) is 0.0455. The predicted molar refractivity (Wildman–Crippen MR) is 109 cm³/mol. The lowest BCUT2D eigenvalue weighted by Gasteiger charge is -2.12. The van der Waals surface area contributed by atoms with Crippen LogP contribution in [0, 0.1) is 6.92 Å². The molecule has 0 saturated heterocycles. The summed E-state index contributed by atoms with van der Waals surface area (Å²) in [6, 6.07) is 18.7. The van der Waals surface area contributed by atoms with Crippen LogP contribution in [0.1, 0.15) is 15.9 Å². The van der Waals surface area contributed by atoms with E-state index in [1.54, 1.807) is 30.6 Å². The summed E-state index contributed by atoms with van der Waals surface area (Å²) in [6.45, 7) is 2.02. The number of aryl methyl sites for hydroxylation is 1. The number of hydrogen-bond donors (Lipinski definition) is 1. The number of benzene rings is 2. The fourth-order valence-corrected chi connectivity index (χ4v) is 3.25. The first-order valence-electron chi connectivity index (χ1n) is 8.50. The average molecular weight is 374 g/mol. The monoisotopic (exact) mass is 373 g/mol. The molecule has 2 aromatic heterocycles. The zero-order chi connectivity index (χ0) is 18.8. The van der Waals surface area contributed by atoms with Crippen LogP contribution < -0.4 is 5.32 Å². The number of carbonyl (C=O) groups excluding carboxylic acids is 1. The number of para-hydroxylation sites is 1. The van der Waals surface area contributed by atoms with Gasteiger partial charge in [0, 0.05) is 29.0 Å². The van der Waals surface area contributed by atoms with Crippen LogP contribution in [0.5, 0.6) is 0 Å². The van der Waals surface area contributed by atoms with Crippen LogP contribution in [0.2, 0.25) is 5.02 Å². The lowest BCUT2D eigenvalue weighted by molar-refractivity contribution is 0.102. The highest BCUT2D eigenvalue weighted by molar-refractivity contribution is 6.35. The molecule has 2 aromatic carbocycles. The summed E-state index contributed by atoms with van der Waals surface area (Å²) < 4.78 is 0. The molecule has 0 aliphatic carbocycles. The molecule has 1 amide bonds. The number of amides is 1. The number of aromatic nitrogens is 2. The van der Waals surface area contributed by atoms with E-state index >= 15 is 0 Å². The van der Waals surface area contributed by atoms with Gasteiger partial charge in [-0.25, -0.2) is 4.98 Å². The summed E-state index contributed by atoms with van der Waals surface area (Å²) in [5.41, 5.74) is 4.58. The van der Waals surface area contributed by atoms with Crippen LogP contribution >= 0.6 is 11.6 Å². The molecule has 0 spiro atoms. The van der Waals surface area contributed by atoms with Gasteiger partial charge in [0.05, 0.1) is 21.8 Å². The van der Waals surface area contributed by atoms with E-state index in [0.717, 1.165) is 11.1 Å². The van der Waals surface area contributed by atoms with Crippen LogP contribution in [-0.4, -0.2) is 15.9 Å². The van der Waals surface area contributed by atoms with Crippen LogP contribution in [-0.2, 0) is 0 Å². The van der Waals surface area contributed by atoms with Crippen molar-refractivity contribution in [2.24, 2.45) is 0 Å². The maximum Gasteiger partial charge on any atom is 0.256 e. The molecule has 0 fully saturated rings. The fourth-order valence-electron chi connectivity index (χ4n) is 3.03. The topological polar surface area (TPSA) is 54.9 Å². The van der Waals surface area contributed by atoms with Gasteiger partial charge in [0.15, 0.2) is 0 Å². The van der Waals surface area contributed by atoms with Crippen LogP contribution in [0.25, 0.3) is 22.2 Å². The van der Waals surface area contributed by atoms with Crippen LogP contribution in [0.4, 0.5) is 5.69 Å². The minimum absolute atomic E-state index is 0.217. The third-order valence-electron chi connectivity index (χ3n) is 4.39. The van der Waals surface area contributed by atoms with E-state index in [-0.39, 0.29) is 5.91 Å². The first kappa shape index (κ1) is 17.2. The lowest BCUT2D eigenvalue weighted by atomic mass is 10.0. The molecular formula is C22H16ClN3O. The third kappa shape index (κ3) is 3.39. The van der Waals surface area contributed by atoms with Crippen molar-refractivity contribution in [2.45, 2.75) is 6.92 Å². The molecule has 0 atom stereocenters. The van der Waals surface area contributed by atoms with Gasteiger partial charge in [-0.05, 0) is 36.8 Å². The molecular weight excluding hydrogens is 358 g/mol. The molecule has 0 aliphatic heterocycles. The molecule has 0 bridgehead atoms. The second kappa shape index (κ2) is 7.17. The molecule has 1 N–H and O–H groups in total. The summed E-state index contributed by atoms with van der Waals surface area (Å²) in [5, 5.41) is 4.14. The molecule has 27 heavy (non-hydrogen) atoms. The van der Waals surface area contributed by atoms with Gasteiger partial charge in [-0.2, -0.15) is 0 Å². The number of hydrogen-bond acceptors (Lipinski definition) is 3. The number of nitrogens with one attached hydrogen (secondary N) is 1. The highest BCUT2D eigenvalue weighted by Crippen LogP contribution is 2.30. The highest BCUT2D eigenvalue weighted by Gasteiger charge is 2.16. The minimum Gasteiger partial charge on any atom is -0.322 e. The van der Waals surface area contributed by atoms with E-state index in [2.05, 4.69) is 10.3 Å². The van der Waals surface area contributed by atoms with Gasteiger partial charge < -0.3 is 5.32 Å². The Bertz CT molecular complexity index is 1140. The Morgan fingerprint density at radius 1 is 1.00 bits per heavy atom. The summed E-state index contributed by atoms with van der Waals surface area (Å²) >= 11 is 6.39. The number of fused-ring (bicyclic) bond motifs is 1. The van der Waals surface area contributed by atoms with Gasteiger partial charge in [0.2, 0.25) is 0 Å². The Kier molecular flexibility index (Phi) is 4.57. The third-order valence-corrected chi connectivity index (χ3v) is 4.70. The smallest absolute Gasteiger partial charge is 0.256 e. The van der Waals surface area contributed by atoms with Gasteiger partial charge in [-0.3, -0.25) is 9.78 Å². The Morgan fingerprint density at radius 3 is 2.56 bits per heavy atom. The molecule has 0 saturated carbocycles. The molecule has 2 heterocycles. The average Bonchev–Trinajstić information content (AvgIpc) is 2.69. The van der Waals surface area contributed by atoms with E-state index in [4.69, 9.17) is 16.6 Å². The number of nitrogens with zero attached hydrogens (tertiary/aromatic N) is 2. The van der Waals surface area contributed by atoms with Crippen molar-refractivity contribution in [3.8, 4) is 11.3 Å². The van der Waals surface area contributed by atoms with Crippen molar-refractivity contribution >= 4 is 34.1 Å². The molecule has 0 radical (unpaired) electrons. The molecule has 132 valence electrons. The minimum atomic E-state index is -0.217. The number of rotatable bonds is 3. The maximum atomic E-state index is 13.0. The summed E-state index contributed by atoms with van der Waals surface area (Å²) in [5.74, 6) is -0.217. The maximum absolute atomic E-state index is 13.0. The van der Waals surface area contributed by atoms with Gasteiger partial charge in [0.1, 0.15) is 0 Å². The molecule has 4 nitrogen and oxygen atoms in total. The van der Waals surface area contributed by atoms with E-state index in [9.17, 15) is 4.79 Å². The Balaban J connectivity index is 1.89. The summed E-state index contributed by atoms with van der Waals surface area (Å²) in [7, 11) is 0. The second-order valence-corrected chi connectivity index (χ2v) is 6.60. The van der Waals surface area contributed by atoms with Crippen molar-refractivity contribution in [3.05, 3.63) is 89.2 Å². The zero-order valence-corrected chi connectivity index (χ0v) is 15.4. The van der Waals surface area contributed by atoms with Gasteiger partial charge in [-0.1, -0.05) is 48.0 Å². The van der Waals surface area contributed by atoms with Gasteiger partial charge in [-0.15, -0.1) is 0 Å². The predicted octanol–water partition coefficient (Wildman–Crippen LogP) is 5.51. The summed E-state index contributed by atoms with van der Waals surface area (Å²) in [4.78, 5) is 21.7. The number of halogens is 1. The largest absolute Gasteiger partial charge is 0.322 e. The zero-order valence-electron chi connectivity index (χ0n) is 14.6. The molecule has 0 aliphatic rings. The van der Waals surface area contributed by atoms with E-state index in [1.165, 1.54) is 0 Å². The van der Waals surface area contributed by atoms with Crippen molar-refractivity contribution in [1.29, 1.82) is 0 Å². The molecule has 0 unspecified atom stereocenters. The molecule has 5 heteroatoms. The van der Waals surface area contributed by atoms with Crippen molar-refractivity contribution < 1.29 is 4.79 Å².